The van der Waals surface area contributed by atoms with E-state index in [9.17, 15) is 13.2 Å². The molecule has 1 heterocycles. The Morgan fingerprint density at radius 1 is 1.15 bits per heavy atom. The van der Waals surface area contributed by atoms with E-state index in [-0.39, 0.29) is 24.5 Å². The van der Waals surface area contributed by atoms with Crippen LogP contribution >= 0.6 is 0 Å². The summed E-state index contributed by atoms with van der Waals surface area (Å²) in [4.78, 5) is 15.2. The van der Waals surface area contributed by atoms with E-state index in [4.69, 9.17) is 4.74 Å². The lowest BCUT2D eigenvalue weighted by atomic mass is 10.0. The number of hydrogen-bond donors (Lipinski definition) is 1. The number of anilines is 1. The number of sulfonamides is 1. The summed E-state index contributed by atoms with van der Waals surface area (Å²) in [5.41, 5.74) is 2.58. The van der Waals surface area contributed by atoms with Crippen molar-refractivity contribution in [1.29, 1.82) is 0 Å². The lowest BCUT2D eigenvalue weighted by Gasteiger charge is -2.39. The number of carbonyl (C=O) groups excluding carboxylic acids is 1. The molecule has 1 aliphatic heterocycles. The third kappa shape index (κ3) is 6.17. The lowest BCUT2D eigenvalue weighted by Crippen LogP contribution is -2.51. The molecule has 0 atom stereocenters. The van der Waals surface area contributed by atoms with Crippen molar-refractivity contribution in [3.63, 3.8) is 0 Å². The number of likely N-dealkylation sites (tertiary alicyclic amines) is 1. The minimum absolute atomic E-state index is 0.0919. The van der Waals surface area contributed by atoms with Crippen molar-refractivity contribution in [2.75, 3.05) is 31.6 Å². The van der Waals surface area contributed by atoms with Gasteiger partial charge >= 0.3 is 0 Å². The van der Waals surface area contributed by atoms with Gasteiger partial charge in [0.05, 0.1) is 23.7 Å². The molecule has 1 amide bonds. The summed E-state index contributed by atoms with van der Waals surface area (Å²) >= 11 is 0. The number of nitrogens with zero attached hydrogens (tertiary/aromatic N) is 2. The van der Waals surface area contributed by atoms with Gasteiger partial charge in [0.2, 0.25) is 15.9 Å². The van der Waals surface area contributed by atoms with Crippen LogP contribution in [0, 0.1) is 13.8 Å². The van der Waals surface area contributed by atoms with Crippen LogP contribution in [0.25, 0.3) is 0 Å². The largest absolute Gasteiger partial charge is 0.492 e. The summed E-state index contributed by atoms with van der Waals surface area (Å²) in [5, 5.41) is 3.00. The van der Waals surface area contributed by atoms with E-state index in [2.05, 4.69) is 10.2 Å². The van der Waals surface area contributed by atoms with Crippen molar-refractivity contribution in [2.45, 2.75) is 64.4 Å². The highest BCUT2D eigenvalue weighted by atomic mass is 32.2. The van der Waals surface area contributed by atoms with Crippen LogP contribution in [-0.4, -0.2) is 61.9 Å². The Bertz CT molecular complexity index is 1090. The second-order valence-corrected chi connectivity index (χ2v) is 11.0. The van der Waals surface area contributed by atoms with Crippen molar-refractivity contribution >= 4 is 21.6 Å². The number of benzene rings is 2. The first-order valence-corrected chi connectivity index (χ1v) is 13.4. The fourth-order valence-electron chi connectivity index (χ4n) is 4.58. The first kappa shape index (κ1) is 26.2. The minimum atomic E-state index is -3.60. The topological polar surface area (TPSA) is 79.0 Å². The van der Waals surface area contributed by atoms with Gasteiger partial charge in [-0.3, -0.25) is 9.69 Å². The van der Waals surface area contributed by atoms with E-state index in [0.717, 1.165) is 11.1 Å². The first-order chi connectivity index (χ1) is 16.1. The first-order valence-electron chi connectivity index (χ1n) is 12.0. The lowest BCUT2D eigenvalue weighted by molar-refractivity contribution is -0.117. The van der Waals surface area contributed by atoms with E-state index in [1.165, 1.54) is 0 Å². The number of aryl methyl sites for hydroxylation is 2. The van der Waals surface area contributed by atoms with Crippen LogP contribution in [0.2, 0.25) is 0 Å². The summed E-state index contributed by atoms with van der Waals surface area (Å²) in [5.74, 6) is 0.574. The van der Waals surface area contributed by atoms with Gasteiger partial charge in [0, 0.05) is 25.2 Å². The number of ether oxygens (including phenoxy) is 1. The zero-order valence-corrected chi connectivity index (χ0v) is 21.7. The van der Waals surface area contributed by atoms with Gasteiger partial charge in [-0.1, -0.05) is 24.3 Å². The van der Waals surface area contributed by atoms with Crippen molar-refractivity contribution in [1.82, 2.24) is 9.21 Å². The molecule has 7 nitrogen and oxygen atoms in total. The highest BCUT2D eigenvalue weighted by molar-refractivity contribution is 7.89. The fraction of sp³-hybridized carbons (Fsp3) is 0.500. The molecule has 0 radical (unpaired) electrons. The van der Waals surface area contributed by atoms with Gasteiger partial charge in [-0.05, 0) is 76.8 Å². The predicted octanol–water partition coefficient (Wildman–Crippen LogP) is 4.20. The van der Waals surface area contributed by atoms with E-state index >= 15 is 0 Å². The van der Waals surface area contributed by atoms with Crippen LogP contribution in [-0.2, 0) is 14.8 Å². The number of piperidine rings is 1. The normalized spacial score (nSPS) is 15.6. The van der Waals surface area contributed by atoms with Crippen molar-refractivity contribution in [3.05, 3.63) is 53.6 Å². The number of hydrogen-bond acceptors (Lipinski definition) is 5. The van der Waals surface area contributed by atoms with E-state index in [1.54, 1.807) is 22.5 Å². The molecule has 0 unspecified atom stereocenters. The molecule has 2 aromatic rings. The van der Waals surface area contributed by atoms with Crippen molar-refractivity contribution in [3.8, 4) is 5.75 Å². The molecule has 0 spiro atoms. The zero-order valence-electron chi connectivity index (χ0n) is 20.9. The van der Waals surface area contributed by atoms with E-state index in [0.29, 0.717) is 48.9 Å². The molecule has 0 aliphatic carbocycles. The molecule has 2 aromatic carbocycles. The predicted molar refractivity (Wildman–Crippen MR) is 136 cm³/mol. The van der Waals surface area contributed by atoms with Gasteiger partial charge in [0.15, 0.2) is 0 Å². The summed E-state index contributed by atoms with van der Waals surface area (Å²) in [6.07, 6.45) is 1.37. The molecule has 1 saturated heterocycles. The highest BCUT2D eigenvalue weighted by Crippen LogP contribution is 2.29. The molecular formula is C26H37N3O4S. The van der Waals surface area contributed by atoms with Crippen molar-refractivity contribution in [2.24, 2.45) is 0 Å². The molecule has 0 saturated carbocycles. The Labute approximate surface area is 204 Å². The molecule has 0 aromatic heterocycles. The minimum Gasteiger partial charge on any atom is -0.492 e. The van der Waals surface area contributed by atoms with Gasteiger partial charge in [0.25, 0.3) is 0 Å². The fourth-order valence-corrected chi connectivity index (χ4v) is 6.57. The van der Waals surface area contributed by atoms with Gasteiger partial charge in [-0.25, -0.2) is 8.42 Å². The highest BCUT2D eigenvalue weighted by Gasteiger charge is 2.36. The molecule has 8 heteroatoms. The molecular weight excluding hydrogens is 450 g/mol. The molecule has 0 bridgehead atoms. The average Bonchev–Trinajstić information content (AvgIpc) is 2.77. The van der Waals surface area contributed by atoms with Crippen LogP contribution in [0.1, 0.15) is 44.7 Å². The second-order valence-electron chi connectivity index (χ2n) is 9.18. The maximum absolute atomic E-state index is 13.4. The summed E-state index contributed by atoms with van der Waals surface area (Å²) in [6, 6.07) is 12.5. The van der Waals surface area contributed by atoms with Gasteiger partial charge in [0.1, 0.15) is 5.75 Å². The van der Waals surface area contributed by atoms with E-state index < -0.39 is 10.0 Å². The zero-order chi connectivity index (χ0) is 24.9. The van der Waals surface area contributed by atoms with Gasteiger partial charge in [-0.2, -0.15) is 4.31 Å². The van der Waals surface area contributed by atoms with Crippen LogP contribution in [0.3, 0.4) is 0 Å². The van der Waals surface area contributed by atoms with Crippen molar-refractivity contribution < 1.29 is 17.9 Å². The standard InChI is InChI=1S/C26H37N3O4S/c1-6-33-24-12-8-10-21(5)26(24)27-25(30)18-28-15-13-22(14-16-28)29(19(2)3)34(31,32)23-11-7-9-20(4)17-23/h7-12,17,19,22H,6,13-16,18H2,1-5H3,(H,27,30). The molecule has 3 rings (SSSR count). The number of amides is 1. The van der Waals surface area contributed by atoms with Crippen LogP contribution in [0.15, 0.2) is 47.4 Å². The van der Waals surface area contributed by atoms with Crippen LogP contribution < -0.4 is 10.1 Å². The maximum atomic E-state index is 13.4. The smallest absolute Gasteiger partial charge is 0.243 e. The summed E-state index contributed by atoms with van der Waals surface area (Å²) < 4.78 is 34.2. The Kier molecular flexibility index (Phi) is 8.73. The molecule has 1 fully saturated rings. The second kappa shape index (κ2) is 11.3. The number of carbonyl (C=O) groups is 1. The molecule has 1 N–H and O–H groups in total. The Balaban J connectivity index is 1.63. The molecule has 186 valence electrons. The summed E-state index contributed by atoms with van der Waals surface area (Å²) in [6.45, 7) is 11.7. The number of para-hydroxylation sites is 1. The quantitative estimate of drug-likeness (QED) is 0.573. The van der Waals surface area contributed by atoms with Crippen LogP contribution in [0.4, 0.5) is 5.69 Å². The number of nitrogens with one attached hydrogen (secondary N) is 1. The Morgan fingerprint density at radius 3 is 2.44 bits per heavy atom. The monoisotopic (exact) mass is 487 g/mol. The van der Waals surface area contributed by atoms with Crippen LogP contribution in [0.5, 0.6) is 5.75 Å². The third-order valence-corrected chi connectivity index (χ3v) is 8.28. The van der Waals surface area contributed by atoms with Gasteiger partial charge < -0.3 is 10.1 Å². The Hall–Kier alpha value is -2.42. The number of rotatable bonds is 9. The molecule has 34 heavy (non-hydrogen) atoms. The maximum Gasteiger partial charge on any atom is 0.243 e. The SMILES string of the molecule is CCOc1cccc(C)c1NC(=O)CN1CCC(N(C(C)C)S(=O)(=O)c2cccc(C)c2)CC1. The van der Waals surface area contributed by atoms with E-state index in [1.807, 2.05) is 58.9 Å². The average molecular weight is 488 g/mol. The Morgan fingerprint density at radius 2 is 1.82 bits per heavy atom. The summed E-state index contributed by atoms with van der Waals surface area (Å²) in [7, 11) is -3.60. The molecule has 1 aliphatic rings. The third-order valence-electron chi connectivity index (χ3n) is 6.16. The van der Waals surface area contributed by atoms with Gasteiger partial charge in [-0.15, -0.1) is 0 Å².